The second-order valence-electron chi connectivity index (χ2n) is 9.52. The van der Waals surface area contributed by atoms with Gasteiger partial charge in [-0.15, -0.1) is 0 Å². The molecule has 0 aliphatic heterocycles. The van der Waals surface area contributed by atoms with Crippen LogP contribution in [0.15, 0.2) is 36.4 Å². The van der Waals surface area contributed by atoms with E-state index in [0.29, 0.717) is 5.56 Å². The van der Waals surface area contributed by atoms with E-state index in [1.54, 1.807) is 12.1 Å². The van der Waals surface area contributed by atoms with Gasteiger partial charge in [0.05, 0.1) is 27.6 Å². The average molecular weight is 572 g/mol. The maximum absolute atomic E-state index is 15.2. The SMILES string of the molecule is Cc1nc2ccc(-c3ccc4nc(-c5c(F)c(F)c(Cc6c(F)c(F)c(C)c(F)c6F)c(F)c5F)[nH]c4c3)cc2[nH]1. The number of aromatic nitrogens is 4. The van der Waals surface area contributed by atoms with E-state index in [4.69, 9.17) is 0 Å². The van der Waals surface area contributed by atoms with Crippen LogP contribution in [-0.2, 0) is 6.42 Å². The van der Waals surface area contributed by atoms with Gasteiger partial charge in [0.1, 0.15) is 11.6 Å². The summed E-state index contributed by atoms with van der Waals surface area (Å²) in [6.07, 6.45) is -1.50. The molecule has 0 saturated carbocycles. The van der Waals surface area contributed by atoms with Crippen LogP contribution in [0.1, 0.15) is 22.5 Å². The van der Waals surface area contributed by atoms with Gasteiger partial charge in [-0.25, -0.2) is 45.1 Å². The molecule has 2 aromatic heterocycles. The number of fused-ring (bicyclic) bond motifs is 2. The van der Waals surface area contributed by atoms with E-state index in [-0.39, 0.29) is 11.0 Å². The Bertz CT molecular complexity index is 1990. The normalized spacial score (nSPS) is 11.8. The van der Waals surface area contributed by atoms with Crippen LogP contribution >= 0.6 is 0 Å². The van der Waals surface area contributed by atoms with Crippen LogP contribution in [0.3, 0.4) is 0 Å². The fourth-order valence-corrected chi connectivity index (χ4v) is 4.78. The van der Waals surface area contributed by atoms with Crippen molar-refractivity contribution >= 4 is 22.1 Å². The van der Waals surface area contributed by atoms with Crippen molar-refractivity contribution in [3.8, 4) is 22.5 Å². The van der Waals surface area contributed by atoms with Gasteiger partial charge in [0.2, 0.25) is 0 Å². The third kappa shape index (κ3) is 4.12. The van der Waals surface area contributed by atoms with Gasteiger partial charge in [-0.3, -0.25) is 0 Å². The standard InChI is InChI=1S/C29H16F8N4/c1-10-21(30)23(32)14(24(33)22(10)31)9-15-25(34)27(36)20(28(37)26(15)35)29-40-17-6-4-13(8-19(17)41-29)12-3-5-16-18(7-12)39-11(2)38-16/h3-8H,9H2,1-2H3,(H,38,39)(H,40,41). The molecule has 0 atom stereocenters. The summed E-state index contributed by atoms with van der Waals surface area (Å²) in [4.78, 5) is 14.2. The highest BCUT2D eigenvalue weighted by Crippen LogP contribution is 2.35. The molecule has 6 aromatic rings. The summed E-state index contributed by atoms with van der Waals surface area (Å²) >= 11 is 0. The molecule has 4 aromatic carbocycles. The van der Waals surface area contributed by atoms with E-state index >= 15 is 17.6 Å². The minimum absolute atomic E-state index is 0.223. The molecule has 0 radical (unpaired) electrons. The van der Waals surface area contributed by atoms with E-state index in [9.17, 15) is 17.6 Å². The predicted octanol–water partition coefficient (Wildman–Crippen LogP) is 8.09. The minimum atomic E-state index is -2.00. The van der Waals surface area contributed by atoms with Gasteiger partial charge < -0.3 is 9.97 Å². The Balaban J connectivity index is 1.42. The number of aryl methyl sites for hydroxylation is 1. The monoisotopic (exact) mass is 572 g/mol. The van der Waals surface area contributed by atoms with Crippen LogP contribution in [0.5, 0.6) is 0 Å². The summed E-state index contributed by atoms with van der Waals surface area (Å²) < 4.78 is 117. The molecule has 0 bridgehead atoms. The number of rotatable bonds is 4. The van der Waals surface area contributed by atoms with Crippen molar-refractivity contribution < 1.29 is 35.1 Å². The molecule has 6 rings (SSSR count). The molecular formula is C29H16F8N4. The van der Waals surface area contributed by atoms with Gasteiger partial charge in [-0.1, -0.05) is 12.1 Å². The number of imidazole rings is 2. The van der Waals surface area contributed by atoms with Crippen molar-refractivity contribution in [3.05, 3.63) is 105 Å². The molecule has 4 nitrogen and oxygen atoms in total. The second-order valence-corrected chi connectivity index (χ2v) is 9.52. The molecule has 0 unspecified atom stereocenters. The molecule has 2 heterocycles. The summed E-state index contributed by atoms with van der Waals surface area (Å²) in [5.74, 6) is -15.1. The molecule has 0 saturated heterocycles. The van der Waals surface area contributed by atoms with E-state index in [1.807, 2.05) is 25.1 Å². The quantitative estimate of drug-likeness (QED) is 0.166. The molecule has 2 N–H and O–H groups in total. The average Bonchev–Trinajstić information content (AvgIpc) is 3.55. The van der Waals surface area contributed by atoms with Crippen molar-refractivity contribution in [2.45, 2.75) is 20.3 Å². The fourth-order valence-electron chi connectivity index (χ4n) is 4.78. The largest absolute Gasteiger partial charge is 0.342 e. The van der Waals surface area contributed by atoms with Crippen LogP contribution in [0.2, 0.25) is 0 Å². The number of benzene rings is 4. The first kappa shape index (κ1) is 26.5. The minimum Gasteiger partial charge on any atom is -0.342 e. The third-order valence-corrected chi connectivity index (χ3v) is 6.93. The Labute approximate surface area is 225 Å². The Morgan fingerprint density at radius 3 is 1.56 bits per heavy atom. The van der Waals surface area contributed by atoms with Gasteiger partial charge in [-0.05, 0) is 49.2 Å². The number of aromatic amines is 2. The third-order valence-electron chi connectivity index (χ3n) is 6.93. The van der Waals surface area contributed by atoms with Crippen LogP contribution in [0, 0.1) is 60.4 Å². The van der Waals surface area contributed by atoms with Crippen molar-refractivity contribution in [1.82, 2.24) is 19.9 Å². The lowest BCUT2D eigenvalue weighted by Crippen LogP contribution is -2.12. The van der Waals surface area contributed by atoms with Crippen LogP contribution < -0.4 is 0 Å². The Morgan fingerprint density at radius 1 is 0.561 bits per heavy atom. The van der Waals surface area contributed by atoms with Crippen molar-refractivity contribution in [1.29, 1.82) is 0 Å². The van der Waals surface area contributed by atoms with Crippen LogP contribution in [0.25, 0.3) is 44.6 Å². The maximum atomic E-state index is 15.2. The van der Waals surface area contributed by atoms with Crippen molar-refractivity contribution in [2.24, 2.45) is 0 Å². The number of hydrogen-bond donors (Lipinski definition) is 2. The maximum Gasteiger partial charge on any atom is 0.173 e. The summed E-state index contributed by atoms with van der Waals surface area (Å²) in [5.41, 5.74) is -1.53. The molecule has 0 fully saturated rings. The van der Waals surface area contributed by atoms with Gasteiger partial charge in [0.25, 0.3) is 0 Å². The Hall–Kier alpha value is -4.74. The lowest BCUT2D eigenvalue weighted by atomic mass is 9.98. The Morgan fingerprint density at radius 2 is 1.02 bits per heavy atom. The number of H-pyrrole nitrogens is 2. The van der Waals surface area contributed by atoms with E-state index in [0.717, 1.165) is 29.3 Å². The van der Waals surface area contributed by atoms with Gasteiger partial charge in [0, 0.05) is 23.1 Å². The van der Waals surface area contributed by atoms with Crippen LogP contribution in [0.4, 0.5) is 35.1 Å². The molecule has 12 heteroatoms. The topological polar surface area (TPSA) is 57.4 Å². The zero-order valence-electron chi connectivity index (χ0n) is 21.1. The molecule has 0 amide bonds. The first-order valence-corrected chi connectivity index (χ1v) is 12.1. The van der Waals surface area contributed by atoms with Crippen molar-refractivity contribution in [3.63, 3.8) is 0 Å². The zero-order chi connectivity index (χ0) is 29.3. The van der Waals surface area contributed by atoms with Gasteiger partial charge in [0.15, 0.2) is 46.5 Å². The highest BCUT2D eigenvalue weighted by Gasteiger charge is 2.31. The number of nitrogens with zero attached hydrogens (tertiary/aromatic N) is 2. The molecule has 208 valence electrons. The highest BCUT2D eigenvalue weighted by molar-refractivity contribution is 5.87. The lowest BCUT2D eigenvalue weighted by molar-refractivity contribution is 0.423. The predicted molar refractivity (Wildman–Crippen MR) is 135 cm³/mol. The molecule has 0 spiro atoms. The lowest BCUT2D eigenvalue weighted by Gasteiger charge is -2.13. The van der Waals surface area contributed by atoms with E-state index in [1.165, 1.54) is 6.07 Å². The number of halogens is 8. The van der Waals surface area contributed by atoms with Gasteiger partial charge in [-0.2, -0.15) is 0 Å². The van der Waals surface area contributed by atoms with Crippen LogP contribution in [-0.4, -0.2) is 19.9 Å². The smallest absolute Gasteiger partial charge is 0.173 e. The molecular weight excluding hydrogens is 556 g/mol. The summed E-state index contributed by atoms with van der Waals surface area (Å²) in [6, 6.07) is 10.3. The summed E-state index contributed by atoms with van der Waals surface area (Å²) in [6.45, 7) is 2.57. The molecule has 0 aliphatic rings. The summed E-state index contributed by atoms with van der Waals surface area (Å²) in [5, 5.41) is 0. The Kier molecular flexibility index (Phi) is 6.09. The molecule has 0 aliphatic carbocycles. The number of nitrogens with one attached hydrogen (secondary N) is 2. The van der Waals surface area contributed by atoms with E-state index < -0.39 is 81.0 Å². The highest BCUT2D eigenvalue weighted by atomic mass is 19.2. The zero-order valence-corrected chi connectivity index (χ0v) is 21.1. The fraction of sp³-hybridized carbons (Fsp3) is 0.103. The van der Waals surface area contributed by atoms with Gasteiger partial charge >= 0.3 is 0 Å². The second kappa shape index (κ2) is 9.43. The first-order chi connectivity index (χ1) is 19.5. The van der Waals surface area contributed by atoms with Crippen molar-refractivity contribution in [2.75, 3.05) is 0 Å². The number of hydrogen-bond acceptors (Lipinski definition) is 2. The molecule has 41 heavy (non-hydrogen) atoms. The van der Waals surface area contributed by atoms with E-state index in [2.05, 4.69) is 19.9 Å². The summed E-state index contributed by atoms with van der Waals surface area (Å²) in [7, 11) is 0. The first-order valence-electron chi connectivity index (χ1n) is 12.1.